The SMILES string of the molecule is COc1ccccc1CN(Cc1cccs1)C(=O)CCC(=O)c1ccc(C)cc1. The first kappa shape index (κ1) is 20.8. The first-order valence-electron chi connectivity index (χ1n) is 9.58. The maximum Gasteiger partial charge on any atom is 0.223 e. The van der Waals surface area contributed by atoms with E-state index in [9.17, 15) is 9.59 Å². The Kier molecular flexibility index (Phi) is 7.19. The van der Waals surface area contributed by atoms with Gasteiger partial charge in [0.05, 0.1) is 13.7 Å². The average molecular weight is 408 g/mol. The number of thiophene rings is 1. The van der Waals surface area contributed by atoms with Crippen LogP contribution in [0.4, 0.5) is 0 Å². The largest absolute Gasteiger partial charge is 0.496 e. The normalized spacial score (nSPS) is 10.6. The van der Waals surface area contributed by atoms with E-state index in [4.69, 9.17) is 4.74 Å². The first-order chi connectivity index (χ1) is 14.1. The summed E-state index contributed by atoms with van der Waals surface area (Å²) in [4.78, 5) is 28.4. The lowest BCUT2D eigenvalue weighted by Gasteiger charge is -2.23. The number of rotatable bonds is 9. The van der Waals surface area contributed by atoms with Crippen molar-refractivity contribution in [1.82, 2.24) is 4.90 Å². The summed E-state index contributed by atoms with van der Waals surface area (Å²) in [5.74, 6) is 0.712. The number of methoxy groups -OCH3 is 1. The number of ether oxygens (including phenoxy) is 1. The molecule has 0 saturated heterocycles. The van der Waals surface area contributed by atoms with Crippen molar-refractivity contribution in [2.24, 2.45) is 0 Å². The fourth-order valence-electron chi connectivity index (χ4n) is 3.12. The van der Waals surface area contributed by atoms with Gasteiger partial charge in [0.2, 0.25) is 5.91 Å². The van der Waals surface area contributed by atoms with Crippen LogP contribution in [0.3, 0.4) is 0 Å². The lowest BCUT2D eigenvalue weighted by Crippen LogP contribution is -2.30. The molecule has 3 rings (SSSR count). The molecule has 2 aromatic carbocycles. The van der Waals surface area contributed by atoms with E-state index < -0.39 is 0 Å². The van der Waals surface area contributed by atoms with Gasteiger partial charge in [-0.05, 0) is 24.4 Å². The van der Waals surface area contributed by atoms with Crippen molar-refractivity contribution in [3.8, 4) is 5.75 Å². The lowest BCUT2D eigenvalue weighted by atomic mass is 10.0. The molecule has 0 N–H and O–H groups in total. The van der Waals surface area contributed by atoms with E-state index in [1.807, 2.05) is 73.0 Å². The quantitative estimate of drug-likeness (QED) is 0.455. The molecule has 0 saturated carbocycles. The molecule has 150 valence electrons. The molecule has 0 atom stereocenters. The maximum atomic E-state index is 13.0. The summed E-state index contributed by atoms with van der Waals surface area (Å²) in [7, 11) is 1.63. The van der Waals surface area contributed by atoms with Crippen LogP contribution in [-0.2, 0) is 17.9 Å². The molecule has 0 aliphatic carbocycles. The highest BCUT2D eigenvalue weighted by Gasteiger charge is 2.18. The van der Waals surface area contributed by atoms with Crippen LogP contribution >= 0.6 is 11.3 Å². The Hall–Kier alpha value is -2.92. The van der Waals surface area contributed by atoms with Crippen LogP contribution in [0, 0.1) is 6.92 Å². The Labute approximate surface area is 175 Å². The number of benzene rings is 2. The second-order valence-electron chi connectivity index (χ2n) is 6.93. The number of Topliss-reactive ketones (excluding diaryl/α,β-unsaturated/α-hetero) is 1. The highest BCUT2D eigenvalue weighted by molar-refractivity contribution is 7.09. The Morgan fingerprint density at radius 3 is 2.38 bits per heavy atom. The second kappa shape index (κ2) is 10.0. The molecule has 0 spiro atoms. The van der Waals surface area contributed by atoms with E-state index in [0.717, 1.165) is 21.8 Å². The molecule has 1 heterocycles. The number of nitrogens with zero attached hydrogens (tertiary/aromatic N) is 1. The van der Waals surface area contributed by atoms with Gasteiger partial charge in [-0.2, -0.15) is 0 Å². The molecule has 1 aromatic heterocycles. The molecule has 0 aliphatic heterocycles. The monoisotopic (exact) mass is 407 g/mol. The van der Waals surface area contributed by atoms with Crippen LogP contribution in [-0.4, -0.2) is 23.7 Å². The molecule has 0 bridgehead atoms. The molecule has 1 amide bonds. The molecule has 0 fully saturated rings. The molecule has 5 heteroatoms. The topological polar surface area (TPSA) is 46.6 Å². The van der Waals surface area contributed by atoms with Gasteiger partial charge in [0, 0.05) is 35.4 Å². The van der Waals surface area contributed by atoms with Crippen LogP contribution in [0.25, 0.3) is 0 Å². The van der Waals surface area contributed by atoms with Gasteiger partial charge in [0.25, 0.3) is 0 Å². The zero-order chi connectivity index (χ0) is 20.6. The van der Waals surface area contributed by atoms with Crippen LogP contribution in [0.5, 0.6) is 5.75 Å². The minimum absolute atomic E-state index is 0.00767. The molecule has 0 radical (unpaired) electrons. The minimum Gasteiger partial charge on any atom is -0.496 e. The number of hydrogen-bond acceptors (Lipinski definition) is 4. The van der Waals surface area contributed by atoms with Crippen LogP contribution < -0.4 is 4.74 Å². The average Bonchev–Trinajstić information content (AvgIpc) is 3.25. The summed E-state index contributed by atoms with van der Waals surface area (Å²) in [6.45, 7) is 2.95. The summed E-state index contributed by atoms with van der Waals surface area (Å²) in [5.41, 5.74) is 2.71. The van der Waals surface area contributed by atoms with E-state index >= 15 is 0 Å². The third-order valence-electron chi connectivity index (χ3n) is 4.77. The molecule has 4 nitrogen and oxygen atoms in total. The van der Waals surface area contributed by atoms with Crippen molar-refractivity contribution in [3.05, 3.63) is 87.6 Å². The molecular formula is C24H25NO3S. The van der Waals surface area contributed by atoms with Gasteiger partial charge < -0.3 is 9.64 Å². The third-order valence-corrected chi connectivity index (χ3v) is 5.63. The van der Waals surface area contributed by atoms with Crippen molar-refractivity contribution in [3.63, 3.8) is 0 Å². The number of hydrogen-bond donors (Lipinski definition) is 0. The second-order valence-corrected chi connectivity index (χ2v) is 7.96. The van der Waals surface area contributed by atoms with Crippen LogP contribution in [0.1, 0.15) is 39.2 Å². The van der Waals surface area contributed by atoms with Crippen molar-refractivity contribution in [2.45, 2.75) is 32.9 Å². The van der Waals surface area contributed by atoms with E-state index in [0.29, 0.717) is 18.7 Å². The standard InChI is InChI=1S/C24H25NO3S/c1-18-9-11-19(12-10-18)22(26)13-14-24(27)25(17-21-7-5-15-29-21)16-20-6-3-4-8-23(20)28-2/h3-12,15H,13-14,16-17H2,1-2H3. The number of aryl methyl sites for hydroxylation is 1. The fourth-order valence-corrected chi connectivity index (χ4v) is 3.84. The number of amides is 1. The van der Waals surface area contributed by atoms with E-state index in [1.165, 1.54) is 0 Å². The van der Waals surface area contributed by atoms with Gasteiger partial charge in [0.15, 0.2) is 5.78 Å². The highest BCUT2D eigenvalue weighted by Crippen LogP contribution is 2.22. The van der Waals surface area contributed by atoms with E-state index in [2.05, 4.69) is 0 Å². The molecule has 0 unspecified atom stereocenters. The van der Waals surface area contributed by atoms with Gasteiger partial charge in [-0.1, -0.05) is 54.1 Å². The number of para-hydroxylation sites is 1. The van der Waals surface area contributed by atoms with Gasteiger partial charge in [-0.15, -0.1) is 11.3 Å². The van der Waals surface area contributed by atoms with Crippen LogP contribution in [0.15, 0.2) is 66.0 Å². The summed E-state index contributed by atoms with van der Waals surface area (Å²) in [6, 6.07) is 19.2. The Morgan fingerprint density at radius 2 is 1.69 bits per heavy atom. The van der Waals surface area contributed by atoms with Crippen molar-refractivity contribution in [2.75, 3.05) is 7.11 Å². The summed E-state index contributed by atoms with van der Waals surface area (Å²) < 4.78 is 5.44. The Balaban J connectivity index is 1.70. The first-order valence-corrected chi connectivity index (χ1v) is 10.5. The number of carbonyl (C=O) groups excluding carboxylic acids is 2. The highest BCUT2D eigenvalue weighted by atomic mass is 32.1. The van der Waals surface area contributed by atoms with Crippen molar-refractivity contribution in [1.29, 1.82) is 0 Å². The van der Waals surface area contributed by atoms with Gasteiger partial charge in [-0.3, -0.25) is 9.59 Å². The van der Waals surface area contributed by atoms with Crippen molar-refractivity contribution < 1.29 is 14.3 Å². The predicted octanol–water partition coefficient (Wildman–Crippen LogP) is 5.26. The number of carbonyl (C=O) groups is 2. The molecule has 0 aliphatic rings. The Bertz CT molecular complexity index is 949. The molecule has 29 heavy (non-hydrogen) atoms. The molecular weight excluding hydrogens is 382 g/mol. The lowest BCUT2D eigenvalue weighted by molar-refractivity contribution is -0.132. The van der Waals surface area contributed by atoms with E-state index in [-0.39, 0.29) is 24.5 Å². The minimum atomic E-state index is -0.0373. The summed E-state index contributed by atoms with van der Waals surface area (Å²) >= 11 is 1.62. The van der Waals surface area contributed by atoms with Crippen molar-refractivity contribution >= 4 is 23.0 Å². The van der Waals surface area contributed by atoms with Gasteiger partial charge >= 0.3 is 0 Å². The van der Waals surface area contributed by atoms with Gasteiger partial charge in [0.1, 0.15) is 5.75 Å². The Morgan fingerprint density at radius 1 is 0.931 bits per heavy atom. The summed E-state index contributed by atoms with van der Waals surface area (Å²) in [5, 5.41) is 2.00. The third kappa shape index (κ3) is 5.78. The zero-order valence-electron chi connectivity index (χ0n) is 16.8. The van der Waals surface area contributed by atoms with E-state index in [1.54, 1.807) is 23.3 Å². The summed E-state index contributed by atoms with van der Waals surface area (Å²) in [6.07, 6.45) is 0.391. The smallest absolute Gasteiger partial charge is 0.223 e. The zero-order valence-corrected chi connectivity index (χ0v) is 17.6. The van der Waals surface area contributed by atoms with Crippen LogP contribution in [0.2, 0.25) is 0 Å². The number of ketones is 1. The van der Waals surface area contributed by atoms with Gasteiger partial charge in [-0.25, -0.2) is 0 Å². The maximum absolute atomic E-state index is 13.0. The molecule has 3 aromatic rings. The predicted molar refractivity (Wildman–Crippen MR) is 116 cm³/mol. The fraction of sp³-hybridized carbons (Fsp3) is 0.250.